The van der Waals surface area contributed by atoms with Crippen molar-refractivity contribution < 1.29 is 40.6 Å². The fourth-order valence-corrected chi connectivity index (χ4v) is 2.29. The first-order chi connectivity index (χ1) is 11.3. The van der Waals surface area contributed by atoms with E-state index in [2.05, 4.69) is 0 Å². The van der Waals surface area contributed by atoms with Crippen LogP contribution in [0.5, 0.6) is 5.75 Å². The molecule has 25 heavy (non-hydrogen) atoms. The zero-order valence-corrected chi connectivity index (χ0v) is 13.6. The normalized spacial score (nSPS) is 15.8. The van der Waals surface area contributed by atoms with Crippen molar-refractivity contribution >= 4 is 0 Å². The molecule has 0 aliphatic heterocycles. The number of unbranched alkanes of at least 4 members (excludes halogenated alkanes) is 1. The van der Waals surface area contributed by atoms with E-state index in [-0.39, 0.29) is 17.9 Å². The second-order valence-electron chi connectivity index (χ2n) is 5.95. The van der Waals surface area contributed by atoms with E-state index in [0.717, 1.165) is 12.5 Å². The number of rotatable bonds is 7. The molecule has 0 saturated heterocycles. The van der Waals surface area contributed by atoms with Gasteiger partial charge in [0.1, 0.15) is 5.75 Å². The molecule has 0 spiro atoms. The van der Waals surface area contributed by atoms with E-state index in [4.69, 9.17) is 4.74 Å². The Bertz CT molecular complexity index is 550. The van der Waals surface area contributed by atoms with Crippen molar-refractivity contribution in [2.45, 2.75) is 56.7 Å². The van der Waals surface area contributed by atoms with Crippen LogP contribution in [0.4, 0.5) is 30.7 Å². The maximum atomic E-state index is 14.0. The number of alkyl halides is 7. The minimum Gasteiger partial charge on any atom is -0.493 e. The number of para-hydroxylation sites is 1. The standard InChI is InChI=1S/C16H19F7O2/c1-3-4-9-25-12-8-6-5-7-11(12)13(2,24)10-14(17,15(18,19)20)16(21,22)23/h5-8,24H,3-4,9-10H2,1-2H3. The molecule has 1 N–H and O–H groups in total. The molecule has 0 radical (unpaired) electrons. The van der Waals surface area contributed by atoms with Crippen molar-refractivity contribution in [2.24, 2.45) is 0 Å². The summed E-state index contributed by atoms with van der Waals surface area (Å²) >= 11 is 0. The van der Waals surface area contributed by atoms with Crippen molar-refractivity contribution in [1.82, 2.24) is 0 Å². The van der Waals surface area contributed by atoms with Crippen LogP contribution in [-0.2, 0) is 5.60 Å². The van der Waals surface area contributed by atoms with Crippen LogP contribution >= 0.6 is 0 Å². The van der Waals surface area contributed by atoms with Crippen LogP contribution in [0.1, 0.15) is 38.7 Å². The Morgan fingerprint density at radius 2 is 1.48 bits per heavy atom. The van der Waals surface area contributed by atoms with Crippen LogP contribution in [0, 0.1) is 0 Å². The number of aliphatic hydroxyl groups is 1. The Morgan fingerprint density at radius 3 is 1.96 bits per heavy atom. The molecule has 9 heteroatoms. The third-order valence-electron chi connectivity index (χ3n) is 3.71. The number of ether oxygens (including phenoxy) is 1. The van der Waals surface area contributed by atoms with Crippen molar-refractivity contribution in [3.63, 3.8) is 0 Å². The Hall–Kier alpha value is -1.51. The second kappa shape index (κ2) is 7.39. The first-order valence-electron chi connectivity index (χ1n) is 7.53. The molecule has 144 valence electrons. The van der Waals surface area contributed by atoms with Gasteiger partial charge in [0.15, 0.2) is 0 Å². The van der Waals surface area contributed by atoms with E-state index >= 15 is 0 Å². The summed E-state index contributed by atoms with van der Waals surface area (Å²) in [6, 6.07) is 5.14. The molecule has 0 amide bonds. The third kappa shape index (κ3) is 4.77. The molecule has 1 rings (SSSR count). The molecule has 1 atom stereocenters. The number of hydrogen-bond acceptors (Lipinski definition) is 2. The van der Waals surface area contributed by atoms with Gasteiger partial charge in [-0.3, -0.25) is 0 Å². The lowest BCUT2D eigenvalue weighted by atomic mass is 9.83. The zero-order valence-electron chi connectivity index (χ0n) is 13.6. The van der Waals surface area contributed by atoms with Crippen LogP contribution in [-0.4, -0.2) is 29.7 Å². The van der Waals surface area contributed by atoms with E-state index < -0.39 is 30.0 Å². The molecule has 2 nitrogen and oxygen atoms in total. The van der Waals surface area contributed by atoms with Gasteiger partial charge >= 0.3 is 18.0 Å². The Labute approximate surface area is 140 Å². The van der Waals surface area contributed by atoms with Gasteiger partial charge in [0.2, 0.25) is 0 Å². The molecule has 0 heterocycles. The monoisotopic (exact) mass is 376 g/mol. The summed E-state index contributed by atoms with van der Waals surface area (Å²) in [7, 11) is 0. The quantitative estimate of drug-likeness (QED) is 0.517. The lowest BCUT2D eigenvalue weighted by Gasteiger charge is -2.36. The van der Waals surface area contributed by atoms with Gasteiger partial charge in [-0.2, -0.15) is 26.3 Å². The predicted molar refractivity (Wildman–Crippen MR) is 77.0 cm³/mol. The SMILES string of the molecule is CCCCOc1ccccc1C(C)(O)CC(F)(C(F)(F)F)C(F)(F)F. The molecule has 0 aromatic heterocycles. The summed E-state index contributed by atoms with van der Waals surface area (Å²) in [6.45, 7) is 2.71. The lowest BCUT2D eigenvalue weighted by Crippen LogP contribution is -2.56. The molecular formula is C16H19F7O2. The average molecular weight is 376 g/mol. The van der Waals surface area contributed by atoms with Crippen molar-refractivity contribution in [2.75, 3.05) is 6.61 Å². The molecule has 0 aliphatic carbocycles. The smallest absolute Gasteiger partial charge is 0.431 e. The molecule has 0 fully saturated rings. The van der Waals surface area contributed by atoms with E-state index in [1.165, 1.54) is 18.2 Å². The fraction of sp³-hybridized carbons (Fsp3) is 0.625. The van der Waals surface area contributed by atoms with Crippen LogP contribution < -0.4 is 4.74 Å². The summed E-state index contributed by atoms with van der Waals surface area (Å²) < 4.78 is 95.8. The first kappa shape index (κ1) is 21.5. The van der Waals surface area contributed by atoms with Gasteiger partial charge in [-0.25, -0.2) is 4.39 Å². The molecule has 0 aliphatic rings. The minimum atomic E-state index is -6.23. The summed E-state index contributed by atoms with van der Waals surface area (Å²) in [5.41, 5.74) is -8.66. The van der Waals surface area contributed by atoms with Crippen LogP contribution in [0.2, 0.25) is 0 Å². The number of benzene rings is 1. The van der Waals surface area contributed by atoms with E-state index in [9.17, 15) is 35.8 Å². The molecule has 0 saturated carbocycles. The maximum absolute atomic E-state index is 14.0. The van der Waals surface area contributed by atoms with E-state index in [0.29, 0.717) is 13.3 Å². The third-order valence-corrected chi connectivity index (χ3v) is 3.71. The van der Waals surface area contributed by atoms with E-state index in [1.807, 2.05) is 6.92 Å². The largest absolute Gasteiger partial charge is 0.493 e. The predicted octanol–water partition coefficient (Wildman–Crippen LogP) is 5.30. The molecular weight excluding hydrogens is 357 g/mol. The van der Waals surface area contributed by atoms with E-state index in [1.54, 1.807) is 0 Å². The highest BCUT2D eigenvalue weighted by atomic mass is 19.4. The highest BCUT2D eigenvalue weighted by Crippen LogP contribution is 2.52. The Morgan fingerprint density at radius 1 is 0.960 bits per heavy atom. The second-order valence-corrected chi connectivity index (χ2v) is 5.95. The summed E-state index contributed by atoms with van der Waals surface area (Å²) in [5, 5.41) is 10.3. The van der Waals surface area contributed by atoms with Gasteiger partial charge in [-0.05, 0) is 19.4 Å². The lowest BCUT2D eigenvalue weighted by molar-refractivity contribution is -0.352. The number of hydrogen-bond donors (Lipinski definition) is 1. The van der Waals surface area contributed by atoms with Gasteiger partial charge in [-0.1, -0.05) is 31.5 Å². The topological polar surface area (TPSA) is 29.5 Å². The summed E-state index contributed by atoms with van der Waals surface area (Å²) in [6.07, 6.45) is -13.4. The molecule has 1 aromatic carbocycles. The zero-order chi connectivity index (χ0) is 19.5. The van der Waals surface area contributed by atoms with Crippen LogP contribution in [0.25, 0.3) is 0 Å². The molecule has 1 unspecified atom stereocenters. The highest BCUT2D eigenvalue weighted by Gasteiger charge is 2.73. The average Bonchev–Trinajstić information content (AvgIpc) is 2.45. The maximum Gasteiger partial charge on any atom is 0.431 e. The van der Waals surface area contributed by atoms with Gasteiger partial charge in [-0.15, -0.1) is 0 Å². The fourth-order valence-electron chi connectivity index (χ4n) is 2.29. The van der Waals surface area contributed by atoms with Crippen molar-refractivity contribution in [3.05, 3.63) is 29.8 Å². The Balaban J connectivity index is 3.24. The van der Waals surface area contributed by atoms with Gasteiger partial charge in [0, 0.05) is 12.0 Å². The first-order valence-corrected chi connectivity index (χ1v) is 7.53. The van der Waals surface area contributed by atoms with Crippen molar-refractivity contribution in [1.29, 1.82) is 0 Å². The molecule has 1 aromatic rings. The van der Waals surface area contributed by atoms with Crippen LogP contribution in [0.15, 0.2) is 24.3 Å². The van der Waals surface area contributed by atoms with Gasteiger partial charge in [0.05, 0.1) is 12.2 Å². The summed E-state index contributed by atoms with van der Waals surface area (Å²) in [5.74, 6) is -0.0901. The summed E-state index contributed by atoms with van der Waals surface area (Å²) in [4.78, 5) is 0. The highest BCUT2D eigenvalue weighted by molar-refractivity contribution is 5.38. The minimum absolute atomic E-state index is 0.0901. The van der Waals surface area contributed by atoms with Gasteiger partial charge in [0.25, 0.3) is 0 Å². The van der Waals surface area contributed by atoms with Crippen molar-refractivity contribution in [3.8, 4) is 5.75 Å². The Kier molecular flexibility index (Phi) is 6.36. The van der Waals surface area contributed by atoms with Gasteiger partial charge < -0.3 is 9.84 Å². The molecule has 0 bridgehead atoms. The number of halogens is 7. The van der Waals surface area contributed by atoms with Crippen LogP contribution in [0.3, 0.4) is 0 Å².